The number of carbonyl (C=O) groups excluding carboxylic acids is 1. The van der Waals surface area contributed by atoms with Crippen LogP contribution in [0.1, 0.15) is 20.3 Å². The van der Waals surface area contributed by atoms with Crippen LogP contribution in [0.15, 0.2) is 24.5 Å². The third kappa shape index (κ3) is 4.70. The molecule has 1 aliphatic rings. The monoisotopic (exact) mass is 399 g/mol. The minimum Gasteiger partial charge on any atom is -0.327 e. The lowest BCUT2D eigenvalue weighted by molar-refractivity contribution is -0.118. The number of carbonyl (C=O) groups is 1. The van der Waals surface area contributed by atoms with Gasteiger partial charge in [0, 0.05) is 19.1 Å². The van der Waals surface area contributed by atoms with Gasteiger partial charge in [-0.3, -0.25) is 9.69 Å². The Kier molecular flexibility index (Phi) is 6.57. The molecule has 3 N–H and O–H groups in total. The van der Waals surface area contributed by atoms with Crippen molar-refractivity contribution >= 4 is 35.6 Å². The highest BCUT2D eigenvalue weighted by atomic mass is 35.5. The lowest BCUT2D eigenvalue weighted by Crippen LogP contribution is -2.53. The maximum atomic E-state index is 12.4. The van der Waals surface area contributed by atoms with Crippen molar-refractivity contribution in [3.63, 3.8) is 0 Å². The molecule has 26 heavy (non-hydrogen) atoms. The van der Waals surface area contributed by atoms with Gasteiger partial charge in [-0.1, -0.05) is 25.4 Å². The fraction of sp³-hybridized carbons (Fsp3) is 0.500. The van der Waals surface area contributed by atoms with Gasteiger partial charge >= 0.3 is 0 Å². The minimum atomic E-state index is -0.109. The van der Waals surface area contributed by atoms with Crippen molar-refractivity contribution < 1.29 is 4.79 Å². The number of hydrogen-bond acceptors (Lipinski definition) is 6. The predicted octanol–water partition coefficient (Wildman–Crippen LogP) is 1.74. The molecule has 1 unspecified atom stereocenters. The molecule has 2 heterocycles. The third-order valence-electron chi connectivity index (χ3n) is 4.60. The Balaban J connectivity index is 0.00000243. The van der Waals surface area contributed by atoms with Crippen LogP contribution in [0.5, 0.6) is 0 Å². The lowest BCUT2D eigenvalue weighted by atomic mass is 9.80. The molecule has 1 amide bonds. The van der Waals surface area contributed by atoms with Gasteiger partial charge in [-0.25, -0.2) is 4.68 Å². The summed E-state index contributed by atoms with van der Waals surface area (Å²) < 4.78 is 1.50. The Bertz CT molecular complexity index is 751. The Morgan fingerprint density at radius 2 is 2.23 bits per heavy atom. The molecule has 142 valence electrons. The van der Waals surface area contributed by atoms with Crippen LogP contribution in [0.2, 0.25) is 5.02 Å². The van der Waals surface area contributed by atoms with Crippen molar-refractivity contribution in [3.05, 3.63) is 29.5 Å². The first-order valence-corrected chi connectivity index (χ1v) is 8.54. The molecule has 0 spiro atoms. The van der Waals surface area contributed by atoms with E-state index in [4.69, 9.17) is 17.3 Å². The van der Waals surface area contributed by atoms with Gasteiger partial charge in [0.2, 0.25) is 5.91 Å². The highest BCUT2D eigenvalue weighted by Crippen LogP contribution is 2.28. The summed E-state index contributed by atoms with van der Waals surface area (Å²) >= 11 is 6.20. The van der Waals surface area contributed by atoms with E-state index in [-0.39, 0.29) is 29.8 Å². The largest absolute Gasteiger partial charge is 0.327 e. The number of halogens is 2. The van der Waals surface area contributed by atoms with E-state index in [0.29, 0.717) is 17.3 Å². The zero-order chi connectivity index (χ0) is 18.0. The van der Waals surface area contributed by atoms with Gasteiger partial charge in [-0.15, -0.1) is 17.5 Å². The highest BCUT2D eigenvalue weighted by molar-refractivity contribution is 6.33. The number of piperidine rings is 1. The summed E-state index contributed by atoms with van der Waals surface area (Å²) in [4.78, 5) is 14.6. The summed E-state index contributed by atoms with van der Waals surface area (Å²) in [6.45, 7) is 6.18. The van der Waals surface area contributed by atoms with E-state index < -0.39 is 0 Å². The first-order chi connectivity index (χ1) is 11.8. The van der Waals surface area contributed by atoms with Gasteiger partial charge in [0.1, 0.15) is 6.33 Å². The summed E-state index contributed by atoms with van der Waals surface area (Å²) in [7, 11) is 0. The molecular weight excluding hydrogens is 377 g/mol. The van der Waals surface area contributed by atoms with Crippen molar-refractivity contribution in [2.45, 2.75) is 26.3 Å². The zero-order valence-electron chi connectivity index (χ0n) is 14.7. The number of nitrogens with zero attached hydrogens (tertiary/aromatic N) is 5. The molecule has 0 aliphatic carbocycles. The van der Waals surface area contributed by atoms with Crippen molar-refractivity contribution in [1.29, 1.82) is 0 Å². The molecule has 3 rings (SSSR count). The number of amides is 1. The minimum absolute atomic E-state index is 0. The van der Waals surface area contributed by atoms with E-state index in [2.05, 4.69) is 39.6 Å². The fourth-order valence-corrected chi connectivity index (χ4v) is 3.21. The number of tetrazole rings is 1. The number of benzene rings is 1. The first-order valence-electron chi connectivity index (χ1n) is 8.16. The molecule has 1 aromatic heterocycles. The Morgan fingerprint density at radius 3 is 2.88 bits per heavy atom. The zero-order valence-corrected chi connectivity index (χ0v) is 16.3. The van der Waals surface area contributed by atoms with E-state index in [0.717, 1.165) is 25.2 Å². The van der Waals surface area contributed by atoms with Crippen molar-refractivity contribution in [2.75, 3.05) is 25.0 Å². The number of nitrogens with two attached hydrogens (primary N) is 1. The van der Waals surface area contributed by atoms with Crippen LogP contribution in [0.4, 0.5) is 5.69 Å². The Hall–Kier alpha value is -1.74. The normalized spacial score (nSPS) is 19.6. The molecule has 8 nitrogen and oxygen atoms in total. The maximum absolute atomic E-state index is 12.4. The van der Waals surface area contributed by atoms with Crippen LogP contribution in [0.25, 0.3) is 5.69 Å². The second kappa shape index (κ2) is 8.30. The van der Waals surface area contributed by atoms with E-state index in [1.54, 1.807) is 18.2 Å². The van der Waals surface area contributed by atoms with Crippen molar-refractivity contribution in [2.24, 2.45) is 11.1 Å². The number of anilines is 1. The fourth-order valence-electron chi connectivity index (χ4n) is 3.04. The predicted molar refractivity (Wildman–Crippen MR) is 103 cm³/mol. The Labute approximate surface area is 163 Å². The van der Waals surface area contributed by atoms with Gasteiger partial charge in [0.15, 0.2) is 0 Å². The van der Waals surface area contributed by atoms with Crippen LogP contribution < -0.4 is 11.1 Å². The average Bonchev–Trinajstić information content (AvgIpc) is 3.07. The second-order valence-corrected chi connectivity index (χ2v) is 7.47. The van der Waals surface area contributed by atoms with E-state index in [1.165, 1.54) is 11.0 Å². The van der Waals surface area contributed by atoms with Crippen LogP contribution in [0, 0.1) is 5.41 Å². The quantitative estimate of drug-likeness (QED) is 0.811. The molecule has 1 aromatic carbocycles. The average molecular weight is 400 g/mol. The van der Waals surface area contributed by atoms with Gasteiger partial charge < -0.3 is 11.1 Å². The molecule has 0 bridgehead atoms. The van der Waals surface area contributed by atoms with E-state index in [1.807, 2.05) is 0 Å². The molecule has 1 saturated heterocycles. The summed E-state index contributed by atoms with van der Waals surface area (Å²) in [5.74, 6) is -0.109. The topological polar surface area (TPSA) is 102 Å². The molecular formula is C16H23Cl2N7O. The molecule has 0 radical (unpaired) electrons. The number of nitrogens with one attached hydrogen (secondary N) is 1. The van der Waals surface area contributed by atoms with Crippen LogP contribution >= 0.6 is 24.0 Å². The standard InChI is InChI=1S/C16H22ClN7O.ClH/c1-16(2)9-23(6-5-14(16)18)8-15(25)20-13-7-11(3-4-12(13)17)24-10-19-21-22-24;/h3-4,7,10,14H,5-6,8-9,18H2,1-2H3,(H,20,25);1H. The lowest BCUT2D eigenvalue weighted by Gasteiger charge is -2.42. The van der Waals surface area contributed by atoms with Crippen LogP contribution in [0.3, 0.4) is 0 Å². The summed E-state index contributed by atoms with van der Waals surface area (Å²) in [5.41, 5.74) is 7.40. The first kappa shape index (κ1) is 20.6. The van der Waals surface area contributed by atoms with Gasteiger partial charge in [-0.2, -0.15) is 0 Å². The number of aromatic nitrogens is 4. The SMILES string of the molecule is CC1(C)CN(CC(=O)Nc2cc(-n3cnnn3)ccc2Cl)CCC1N.Cl. The number of rotatable bonds is 4. The molecule has 2 aromatic rings. The molecule has 1 fully saturated rings. The molecule has 1 aliphatic heterocycles. The molecule has 10 heteroatoms. The maximum Gasteiger partial charge on any atom is 0.238 e. The molecule has 1 atom stereocenters. The smallest absolute Gasteiger partial charge is 0.238 e. The number of hydrogen-bond donors (Lipinski definition) is 2. The summed E-state index contributed by atoms with van der Waals surface area (Å²) in [6, 6.07) is 5.39. The molecule has 0 saturated carbocycles. The van der Waals surface area contributed by atoms with Gasteiger partial charge in [0.05, 0.1) is 22.9 Å². The van der Waals surface area contributed by atoms with Gasteiger partial charge in [-0.05, 0) is 40.5 Å². The highest BCUT2D eigenvalue weighted by Gasteiger charge is 2.33. The van der Waals surface area contributed by atoms with E-state index in [9.17, 15) is 4.79 Å². The Morgan fingerprint density at radius 1 is 1.46 bits per heavy atom. The number of likely N-dealkylation sites (tertiary alicyclic amines) is 1. The van der Waals surface area contributed by atoms with Gasteiger partial charge in [0.25, 0.3) is 0 Å². The summed E-state index contributed by atoms with van der Waals surface area (Å²) in [5, 5.41) is 14.4. The summed E-state index contributed by atoms with van der Waals surface area (Å²) in [6.07, 6.45) is 2.36. The van der Waals surface area contributed by atoms with Crippen molar-refractivity contribution in [1.82, 2.24) is 25.1 Å². The third-order valence-corrected chi connectivity index (χ3v) is 4.93. The van der Waals surface area contributed by atoms with E-state index >= 15 is 0 Å². The second-order valence-electron chi connectivity index (χ2n) is 7.06. The van der Waals surface area contributed by atoms with Crippen LogP contribution in [-0.2, 0) is 4.79 Å². The van der Waals surface area contributed by atoms with Crippen molar-refractivity contribution in [3.8, 4) is 5.69 Å². The van der Waals surface area contributed by atoms with Crippen LogP contribution in [-0.4, -0.2) is 56.7 Å².